The monoisotopic (exact) mass is 291 g/mol. The summed E-state index contributed by atoms with van der Waals surface area (Å²) in [6.07, 6.45) is 0. The number of para-hydroxylation sites is 1. The minimum atomic E-state index is -0.420. The minimum Gasteiger partial charge on any atom is -0.497 e. The van der Waals surface area contributed by atoms with Crippen molar-refractivity contribution in [2.75, 3.05) is 12.8 Å². The zero-order chi connectivity index (χ0) is 14.3. The van der Waals surface area contributed by atoms with Crippen LogP contribution in [0.2, 0.25) is 5.02 Å². The minimum absolute atomic E-state index is 0.167. The summed E-state index contributed by atoms with van der Waals surface area (Å²) in [6.45, 7) is 0. The zero-order valence-electron chi connectivity index (χ0n) is 10.6. The van der Waals surface area contributed by atoms with Gasteiger partial charge in [0.15, 0.2) is 0 Å². The first-order valence-corrected chi connectivity index (χ1v) is 6.26. The fourth-order valence-corrected chi connectivity index (χ4v) is 2.34. The number of methoxy groups -OCH3 is 1. The number of nitrogen functional groups attached to an aromatic ring is 1. The van der Waals surface area contributed by atoms with Gasteiger partial charge < -0.3 is 10.5 Å². The lowest BCUT2D eigenvalue weighted by molar-refractivity contribution is 0.413. The second kappa shape index (κ2) is 4.68. The molecule has 0 aliphatic carbocycles. The van der Waals surface area contributed by atoms with Crippen LogP contribution in [0.4, 0.5) is 10.3 Å². The first-order chi connectivity index (χ1) is 9.61. The highest BCUT2D eigenvalue weighted by atomic mass is 35.5. The van der Waals surface area contributed by atoms with Gasteiger partial charge in [-0.15, -0.1) is 0 Å². The standard InChI is InChI=1S/C14H11ClFN3O/c1-20-8-5-6-10(16)12(7-8)19-11-4-2-3-9(15)13(11)18-14(19)17/h2-7H,1H3,(H2,17,18). The molecule has 0 radical (unpaired) electrons. The lowest BCUT2D eigenvalue weighted by atomic mass is 10.2. The first kappa shape index (κ1) is 12.7. The van der Waals surface area contributed by atoms with Gasteiger partial charge in [0.25, 0.3) is 0 Å². The van der Waals surface area contributed by atoms with Crippen molar-refractivity contribution in [3.8, 4) is 11.4 Å². The number of hydrogen-bond acceptors (Lipinski definition) is 3. The molecule has 0 fully saturated rings. The Balaban J connectivity index is 2.35. The van der Waals surface area contributed by atoms with Crippen molar-refractivity contribution in [2.45, 2.75) is 0 Å². The van der Waals surface area contributed by atoms with Gasteiger partial charge in [-0.1, -0.05) is 17.7 Å². The summed E-state index contributed by atoms with van der Waals surface area (Å²) >= 11 is 6.08. The fourth-order valence-electron chi connectivity index (χ4n) is 2.13. The Labute approximate surface area is 119 Å². The molecule has 0 saturated heterocycles. The molecule has 0 spiro atoms. The Kier molecular flexibility index (Phi) is 2.99. The van der Waals surface area contributed by atoms with E-state index in [0.717, 1.165) is 0 Å². The molecule has 0 aliphatic rings. The molecule has 2 aromatic carbocycles. The second-order valence-corrected chi connectivity index (χ2v) is 4.64. The Morgan fingerprint density at radius 3 is 2.85 bits per heavy atom. The maximum absolute atomic E-state index is 14.1. The number of ether oxygens (including phenoxy) is 1. The molecule has 0 saturated carbocycles. The average molecular weight is 292 g/mol. The molecule has 0 aliphatic heterocycles. The predicted molar refractivity (Wildman–Crippen MR) is 77.0 cm³/mol. The van der Waals surface area contributed by atoms with Crippen LogP contribution in [-0.4, -0.2) is 16.7 Å². The quantitative estimate of drug-likeness (QED) is 0.787. The summed E-state index contributed by atoms with van der Waals surface area (Å²) in [6, 6.07) is 9.69. The van der Waals surface area contributed by atoms with Crippen molar-refractivity contribution < 1.29 is 9.13 Å². The fraction of sp³-hybridized carbons (Fsp3) is 0.0714. The SMILES string of the molecule is COc1ccc(F)c(-n2c(N)nc3c(Cl)cccc32)c1. The summed E-state index contributed by atoms with van der Waals surface area (Å²) < 4.78 is 20.7. The van der Waals surface area contributed by atoms with Crippen LogP contribution in [0.25, 0.3) is 16.7 Å². The smallest absolute Gasteiger partial charge is 0.206 e. The van der Waals surface area contributed by atoms with Gasteiger partial charge in [0.05, 0.1) is 23.3 Å². The van der Waals surface area contributed by atoms with Gasteiger partial charge in [-0.05, 0) is 24.3 Å². The van der Waals surface area contributed by atoms with Crippen molar-refractivity contribution >= 4 is 28.6 Å². The van der Waals surface area contributed by atoms with E-state index in [1.807, 2.05) is 0 Å². The highest BCUT2D eigenvalue weighted by Crippen LogP contribution is 2.30. The molecule has 6 heteroatoms. The van der Waals surface area contributed by atoms with E-state index in [1.165, 1.54) is 17.7 Å². The number of nitrogens with two attached hydrogens (primary N) is 1. The van der Waals surface area contributed by atoms with E-state index in [1.54, 1.807) is 30.3 Å². The van der Waals surface area contributed by atoms with Gasteiger partial charge in [-0.2, -0.15) is 0 Å². The van der Waals surface area contributed by atoms with Gasteiger partial charge in [0, 0.05) is 6.07 Å². The number of imidazole rings is 1. The maximum Gasteiger partial charge on any atom is 0.206 e. The third-order valence-electron chi connectivity index (χ3n) is 3.06. The van der Waals surface area contributed by atoms with Crippen LogP contribution < -0.4 is 10.5 Å². The number of nitrogens with zero attached hydrogens (tertiary/aromatic N) is 2. The molecule has 0 unspecified atom stereocenters. The largest absolute Gasteiger partial charge is 0.497 e. The van der Waals surface area contributed by atoms with Gasteiger partial charge in [0.1, 0.15) is 17.1 Å². The Bertz CT molecular complexity index is 800. The molecule has 3 aromatic rings. The number of aromatic nitrogens is 2. The predicted octanol–water partition coefficient (Wildman–Crippen LogP) is 3.41. The van der Waals surface area contributed by atoms with E-state index < -0.39 is 5.82 Å². The van der Waals surface area contributed by atoms with Crippen LogP contribution in [0.3, 0.4) is 0 Å². The first-order valence-electron chi connectivity index (χ1n) is 5.88. The summed E-state index contributed by atoms with van der Waals surface area (Å²) in [5.74, 6) is 0.279. The van der Waals surface area contributed by atoms with E-state index in [-0.39, 0.29) is 11.6 Å². The zero-order valence-corrected chi connectivity index (χ0v) is 11.4. The molecule has 102 valence electrons. The van der Waals surface area contributed by atoms with Crippen LogP contribution in [0, 0.1) is 5.82 Å². The lowest BCUT2D eigenvalue weighted by Crippen LogP contribution is -2.03. The van der Waals surface area contributed by atoms with E-state index in [4.69, 9.17) is 22.1 Å². The van der Waals surface area contributed by atoms with Crippen LogP contribution in [0.1, 0.15) is 0 Å². The molecule has 3 rings (SSSR count). The van der Waals surface area contributed by atoms with Crippen LogP contribution in [0.5, 0.6) is 5.75 Å². The van der Waals surface area contributed by atoms with Gasteiger partial charge >= 0.3 is 0 Å². The molecule has 4 nitrogen and oxygen atoms in total. The van der Waals surface area contributed by atoms with E-state index in [9.17, 15) is 4.39 Å². The molecule has 0 atom stereocenters. The molecule has 20 heavy (non-hydrogen) atoms. The third kappa shape index (κ3) is 1.87. The summed E-state index contributed by atoms with van der Waals surface area (Å²) in [5, 5.41) is 0.469. The third-order valence-corrected chi connectivity index (χ3v) is 3.36. The molecule has 2 N–H and O–H groups in total. The highest BCUT2D eigenvalue weighted by molar-refractivity contribution is 6.35. The van der Waals surface area contributed by atoms with Crippen molar-refractivity contribution in [1.82, 2.24) is 9.55 Å². The van der Waals surface area contributed by atoms with E-state index in [2.05, 4.69) is 4.98 Å². The maximum atomic E-state index is 14.1. The number of halogens is 2. The Morgan fingerprint density at radius 2 is 2.10 bits per heavy atom. The summed E-state index contributed by atoms with van der Waals surface area (Å²) in [4.78, 5) is 4.19. The average Bonchev–Trinajstić information content (AvgIpc) is 2.77. The molecule has 1 aromatic heterocycles. The number of benzene rings is 2. The second-order valence-electron chi connectivity index (χ2n) is 4.23. The van der Waals surface area contributed by atoms with Crippen molar-refractivity contribution in [2.24, 2.45) is 0 Å². The Hall–Kier alpha value is -2.27. The van der Waals surface area contributed by atoms with Crippen molar-refractivity contribution in [3.63, 3.8) is 0 Å². The molecular weight excluding hydrogens is 281 g/mol. The number of anilines is 1. The number of fused-ring (bicyclic) bond motifs is 1. The number of hydrogen-bond donors (Lipinski definition) is 1. The van der Waals surface area contributed by atoms with E-state index >= 15 is 0 Å². The van der Waals surface area contributed by atoms with Gasteiger partial charge in [-0.3, -0.25) is 4.57 Å². The van der Waals surface area contributed by atoms with Crippen LogP contribution >= 0.6 is 11.6 Å². The molecule has 0 amide bonds. The number of rotatable bonds is 2. The molecule has 0 bridgehead atoms. The van der Waals surface area contributed by atoms with Crippen molar-refractivity contribution in [3.05, 3.63) is 47.2 Å². The molecule has 1 heterocycles. The highest BCUT2D eigenvalue weighted by Gasteiger charge is 2.15. The topological polar surface area (TPSA) is 53.1 Å². The normalized spacial score (nSPS) is 10.9. The molecular formula is C14H11ClFN3O. The summed E-state index contributed by atoms with van der Waals surface area (Å²) in [7, 11) is 1.52. The van der Waals surface area contributed by atoms with E-state index in [0.29, 0.717) is 21.8 Å². The lowest BCUT2D eigenvalue weighted by Gasteiger charge is -2.09. The van der Waals surface area contributed by atoms with Crippen LogP contribution in [-0.2, 0) is 0 Å². The van der Waals surface area contributed by atoms with Crippen LogP contribution in [0.15, 0.2) is 36.4 Å². The van der Waals surface area contributed by atoms with Gasteiger partial charge in [0.2, 0.25) is 5.95 Å². The Morgan fingerprint density at radius 1 is 1.30 bits per heavy atom. The summed E-state index contributed by atoms with van der Waals surface area (Å²) in [5.41, 5.74) is 7.35. The van der Waals surface area contributed by atoms with Gasteiger partial charge in [-0.25, -0.2) is 9.37 Å². The van der Waals surface area contributed by atoms with Crippen molar-refractivity contribution in [1.29, 1.82) is 0 Å².